The van der Waals surface area contributed by atoms with E-state index in [0.29, 0.717) is 17.5 Å². The fourth-order valence-corrected chi connectivity index (χ4v) is 4.27. The number of carbonyl (C=O) groups is 1. The lowest BCUT2D eigenvalue weighted by Gasteiger charge is -2.10. The number of hydrogen-bond donors (Lipinski definition) is 1. The number of anilines is 1. The fourth-order valence-electron chi connectivity index (χ4n) is 2.81. The summed E-state index contributed by atoms with van der Waals surface area (Å²) in [6.07, 6.45) is 0. The maximum Gasteiger partial charge on any atom is 0.235 e. The van der Waals surface area contributed by atoms with Crippen molar-refractivity contribution in [1.82, 2.24) is 14.8 Å². The van der Waals surface area contributed by atoms with Crippen molar-refractivity contribution in [3.8, 4) is 10.7 Å². The minimum absolute atomic E-state index is 0.0643. The minimum atomic E-state index is -0.819. The smallest absolute Gasteiger partial charge is 0.235 e. The van der Waals surface area contributed by atoms with Crippen LogP contribution in [0.2, 0.25) is 0 Å². The molecule has 1 N–H and O–H groups in total. The molecule has 0 atom stereocenters. The van der Waals surface area contributed by atoms with Crippen LogP contribution in [0, 0.1) is 11.6 Å². The molecule has 0 saturated heterocycles. The first kappa shape index (κ1) is 20.2. The molecule has 2 aromatic heterocycles. The van der Waals surface area contributed by atoms with Gasteiger partial charge in [0.15, 0.2) is 11.0 Å². The van der Waals surface area contributed by atoms with Gasteiger partial charge in [-0.15, -0.1) is 21.5 Å². The number of nitrogens with zero attached hydrogens (tertiary/aromatic N) is 3. The first-order chi connectivity index (χ1) is 14.6. The summed E-state index contributed by atoms with van der Waals surface area (Å²) in [5.74, 6) is -1.53. The number of nitrogens with one attached hydrogen (secondary N) is 1. The quantitative estimate of drug-likeness (QED) is 0.406. The van der Waals surface area contributed by atoms with E-state index in [-0.39, 0.29) is 5.75 Å². The van der Waals surface area contributed by atoms with Crippen molar-refractivity contribution >= 4 is 34.7 Å². The molecule has 1 amide bonds. The molecule has 0 saturated carbocycles. The number of benzene rings is 2. The summed E-state index contributed by atoms with van der Waals surface area (Å²) in [5.41, 5.74) is 0.614. The second-order valence-corrected chi connectivity index (χ2v) is 8.18. The molecule has 4 rings (SSSR count). The second kappa shape index (κ2) is 9.19. The van der Waals surface area contributed by atoms with E-state index in [1.165, 1.54) is 6.07 Å². The van der Waals surface area contributed by atoms with Crippen LogP contribution in [-0.2, 0) is 11.3 Å². The number of halogens is 2. The Balaban J connectivity index is 1.53. The van der Waals surface area contributed by atoms with Crippen LogP contribution in [0.15, 0.2) is 71.2 Å². The van der Waals surface area contributed by atoms with Crippen LogP contribution in [0.5, 0.6) is 0 Å². The number of carbonyl (C=O) groups excluding carboxylic acids is 1. The van der Waals surface area contributed by atoms with Gasteiger partial charge in [0.25, 0.3) is 0 Å². The molecule has 0 aliphatic heterocycles. The van der Waals surface area contributed by atoms with Crippen LogP contribution in [-0.4, -0.2) is 26.4 Å². The average Bonchev–Trinajstić information content (AvgIpc) is 3.40. The Bertz CT molecular complexity index is 1130. The highest BCUT2D eigenvalue weighted by Crippen LogP contribution is 2.28. The molecule has 2 aromatic carbocycles. The average molecular weight is 443 g/mol. The number of para-hydroxylation sites is 1. The largest absolute Gasteiger partial charge is 0.320 e. The van der Waals surface area contributed by atoms with Crippen molar-refractivity contribution in [2.45, 2.75) is 11.7 Å². The predicted molar refractivity (Wildman–Crippen MR) is 115 cm³/mol. The third-order valence-corrected chi connectivity index (χ3v) is 6.03. The second-order valence-electron chi connectivity index (χ2n) is 6.29. The monoisotopic (exact) mass is 442 g/mol. The molecule has 0 radical (unpaired) electrons. The van der Waals surface area contributed by atoms with E-state index in [2.05, 4.69) is 15.5 Å². The van der Waals surface area contributed by atoms with Crippen molar-refractivity contribution in [1.29, 1.82) is 0 Å². The van der Waals surface area contributed by atoms with Crippen LogP contribution in [0.4, 0.5) is 14.5 Å². The van der Waals surface area contributed by atoms with Gasteiger partial charge in [0.1, 0.15) is 17.3 Å². The molecule has 0 spiro atoms. The molecule has 0 aliphatic rings. The molecule has 9 heteroatoms. The van der Waals surface area contributed by atoms with Gasteiger partial charge < -0.3 is 5.32 Å². The predicted octanol–water partition coefficient (Wildman–Crippen LogP) is 5.06. The number of rotatable bonds is 7. The molecule has 0 unspecified atom stereocenters. The standard InChI is InChI=1S/C21H16F2N4OS2/c22-15-8-4-9-16(23)19(15)24-18(28)13-30-21-26-25-20(17-10-5-11-29-17)27(21)12-14-6-2-1-3-7-14/h1-11H,12-13H2,(H,24,28). The molecule has 5 nitrogen and oxygen atoms in total. The highest BCUT2D eigenvalue weighted by molar-refractivity contribution is 7.99. The fraction of sp³-hybridized carbons (Fsp3) is 0.0952. The molecular formula is C21H16F2N4OS2. The van der Waals surface area contributed by atoms with Crippen LogP contribution >= 0.6 is 23.1 Å². The lowest BCUT2D eigenvalue weighted by atomic mass is 10.2. The normalized spacial score (nSPS) is 10.9. The van der Waals surface area contributed by atoms with E-state index in [1.54, 1.807) is 11.3 Å². The van der Waals surface area contributed by atoms with Crippen molar-refractivity contribution in [3.63, 3.8) is 0 Å². The van der Waals surface area contributed by atoms with Gasteiger partial charge >= 0.3 is 0 Å². The molecule has 4 aromatic rings. The molecular weight excluding hydrogens is 426 g/mol. The zero-order chi connectivity index (χ0) is 20.9. The van der Waals surface area contributed by atoms with Gasteiger partial charge in [0.05, 0.1) is 17.2 Å². The van der Waals surface area contributed by atoms with E-state index in [4.69, 9.17) is 0 Å². The lowest BCUT2D eigenvalue weighted by Crippen LogP contribution is -2.16. The highest BCUT2D eigenvalue weighted by Gasteiger charge is 2.18. The summed E-state index contributed by atoms with van der Waals surface area (Å²) in [6, 6.07) is 17.2. The van der Waals surface area contributed by atoms with E-state index in [1.807, 2.05) is 52.4 Å². The van der Waals surface area contributed by atoms with E-state index < -0.39 is 23.2 Å². The molecule has 2 heterocycles. The summed E-state index contributed by atoms with van der Waals surface area (Å²) < 4.78 is 29.4. The number of hydrogen-bond acceptors (Lipinski definition) is 5. The Morgan fingerprint density at radius 1 is 1.00 bits per heavy atom. The van der Waals surface area contributed by atoms with E-state index >= 15 is 0 Å². The van der Waals surface area contributed by atoms with Crippen LogP contribution in [0.3, 0.4) is 0 Å². The van der Waals surface area contributed by atoms with Crippen molar-refractivity contribution < 1.29 is 13.6 Å². The number of thioether (sulfide) groups is 1. The van der Waals surface area contributed by atoms with Crippen molar-refractivity contribution in [3.05, 3.63) is 83.2 Å². The molecule has 30 heavy (non-hydrogen) atoms. The Hall–Kier alpha value is -3.04. The zero-order valence-electron chi connectivity index (χ0n) is 15.6. The van der Waals surface area contributed by atoms with E-state index in [9.17, 15) is 13.6 Å². The molecule has 152 valence electrons. The summed E-state index contributed by atoms with van der Waals surface area (Å²) >= 11 is 2.71. The van der Waals surface area contributed by atoms with Crippen LogP contribution in [0.1, 0.15) is 5.56 Å². The first-order valence-electron chi connectivity index (χ1n) is 8.99. The third kappa shape index (κ3) is 4.58. The lowest BCUT2D eigenvalue weighted by molar-refractivity contribution is -0.113. The Labute approximate surface area is 179 Å². The Morgan fingerprint density at radius 2 is 1.77 bits per heavy atom. The molecule has 0 bridgehead atoms. The number of thiophene rings is 1. The molecule has 0 fully saturated rings. The maximum atomic E-state index is 13.8. The summed E-state index contributed by atoms with van der Waals surface area (Å²) in [4.78, 5) is 13.2. The SMILES string of the molecule is O=C(CSc1nnc(-c2cccs2)n1Cc1ccccc1)Nc1c(F)cccc1F. The van der Waals surface area contributed by atoms with Crippen molar-refractivity contribution in [2.75, 3.05) is 11.1 Å². The zero-order valence-corrected chi connectivity index (χ0v) is 17.2. The topological polar surface area (TPSA) is 59.8 Å². The minimum Gasteiger partial charge on any atom is -0.320 e. The van der Waals surface area contributed by atoms with Gasteiger partial charge in [-0.25, -0.2) is 8.78 Å². The highest BCUT2D eigenvalue weighted by atomic mass is 32.2. The summed E-state index contributed by atoms with van der Waals surface area (Å²) in [5, 5.41) is 13.3. The van der Waals surface area contributed by atoms with Gasteiger partial charge in [-0.1, -0.05) is 54.2 Å². The Morgan fingerprint density at radius 3 is 2.47 bits per heavy atom. The number of aromatic nitrogens is 3. The maximum absolute atomic E-state index is 13.8. The van der Waals surface area contributed by atoms with Gasteiger partial charge in [-0.3, -0.25) is 9.36 Å². The van der Waals surface area contributed by atoms with Crippen LogP contribution < -0.4 is 5.32 Å². The summed E-state index contributed by atoms with van der Waals surface area (Å²) in [7, 11) is 0. The molecule has 0 aliphatic carbocycles. The van der Waals surface area contributed by atoms with Gasteiger partial charge in [0, 0.05) is 0 Å². The van der Waals surface area contributed by atoms with Gasteiger partial charge in [-0.2, -0.15) is 0 Å². The summed E-state index contributed by atoms with van der Waals surface area (Å²) in [6.45, 7) is 0.535. The van der Waals surface area contributed by atoms with Crippen LogP contribution in [0.25, 0.3) is 10.7 Å². The Kier molecular flexibility index (Phi) is 6.20. The van der Waals surface area contributed by atoms with Gasteiger partial charge in [0.2, 0.25) is 5.91 Å². The van der Waals surface area contributed by atoms with E-state index in [0.717, 1.165) is 34.3 Å². The van der Waals surface area contributed by atoms with Gasteiger partial charge in [-0.05, 0) is 29.1 Å². The van der Waals surface area contributed by atoms with Crippen molar-refractivity contribution in [2.24, 2.45) is 0 Å². The third-order valence-electron chi connectivity index (χ3n) is 4.20. The first-order valence-corrected chi connectivity index (χ1v) is 10.9. The number of amides is 1.